The predicted molar refractivity (Wildman–Crippen MR) is 104 cm³/mol. The van der Waals surface area contributed by atoms with E-state index in [1.54, 1.807) is 24.3 Å². The zero-order valence-electron chi connectivity index (χ0n) is 16.1. The predicted octanol–water partition coefficient (Wildman–Crippen LogP) is 3.21. The second-order valence-electron chi connectivity index (χ2n) is 7.32. The molecule has 0 saturated heterocycles. The van der Waals surface area contributed by atoms with Gasteiger partial charge >= 0.3 is 5.97 Å². The summed E-state index contributed by atoms with van der Waals surface area (Å²) < 4.78 is 4.87. The molecule has 0 aromatic heterocycles. The van der Waals surface area contributed by atoms with Crippen LogP contribution < -0.4 is 5.32 Å². The summed E-state index contributed by atoms with van der Waals surface area (Å²) >= 11 is 0. The lowest BCUT2D eigenvalue weighted by Crippen LogP contribution is -2.37. The lowest BCUT2D eigenvalue weighted by atomic mass is 9.81. The van der Waals surface area contributed by atoms with Gasteiger partial charge in [0.1, 0.15) is 5.75 Å². The number of aromatic hydroxyl groups is 1. The Morgan fingerprint density at radius 1 is 1.07 bits per heavy atom. The highest BCUT2D eigenvalue weighted by molar-refractivity contribution is 5.79. The van der Waals surface area contributed by atoms with Gasteiger partial charge < -0.3 is 15.2 Å². The van der Waals surface area contributed by atoms with Crippen molar-refractivity contribution in [3.8, 4) is 5.75 Å². The SMILES string of the molecule is COC(=O)C(CNC(=O)CC(C)(C)c1ccccc1)Cc1ccc(O)cc1. The van der Waals surface area contributed by atoms with Gasteiger partial charge in [-0.05, 0) is 35.1 Å². The zero-order chi connectivity index (χ0) is 19.9. The quantitative estimate of drug-likeness (QED) is 0.701. The lowest BCUT2D eigenvalue weighted by Gasteiger charge is -2.25. The van der Waals surface area contributed by atoms with Crippen LogP contribution in [-0.2, 0) is 26.2 Å². The first-order chi connectivity index (χ1) is 12.8. The van der Waals surface area contributed by atoms with Gasteiger partial charge in [0.2, 0.25) is 5.91 Å². The Morgan fingerprint density at radius 3 is 2.30 bits per heavy atom. The van der Waals surface area contributed by atoms with E-state index in [-0.39, 0.29) is 29.6 Å². The molecule has 1 amide bonds. The normalized spacial score (nSPS) is 12.3. The first-order valence-electron chi connectivity index (χ1n) is 9.00. The van der Waals surface area contributed by atoms with Crippen molar-refractivity contribution in [3.05, 3.63) is 65.7 Å². The summed E-state index contributed by atoms with van der Waals surface area (Å²) in [5.74, 6) is -0.790. The summed E-state index contributed by atoms with van der Waals surface area (Å²) in [5, 5.41) is 12.2. The number of carbonyl (C=O) groups excluding carboxylic acids is 2. The molecule has 2 aromatic rings. The second kappa shape index (κ2) is 9.21. The van der Waals surface area contributed by atoms with E-state index in [1.807, 2.05) is 44.2 Å². The van der Waals surface area contributed by atoms with E-state index in [0.29, 0.717) is 12.8 Å². The van der Waals surface area contributed by atoms with Crippen molar-refractivity contribution in [1.82, 2.24) is 5.32 Å². The molecular weight excluding hydrogens is 342 g/mol. The fourth-order valence-electron chi connectivity index (χ4n) is 3.01. The summed E-state index contributed by atoms with van der Waals surface area (Å²) in [4.78, 5) is 24.5. The Kier molecular flexibility index (Phi) is 6.99. The standard InChI is InChI=1S/C22H27NO4/c1-22(2,18-7-5-4-6-8-18)14-20(25)23-15-17(21(26)27-3)13-16-9-11-19(24)12-10-16/h4-12,17,24H,13-15H2,1-3H3,(H,23,25). The number of esters is 1. The van der Waals surface area contributed by atoms with Crippen LogP contribution in [0.25, 0.3) is 0 Å². The minimum Gasteiger partial charge on any atom is -0.508 e. The van der Waals surface area contributed by atoms with Crippen LogP contribution >= 0.6 is 0 Å². The third kappa shape index (κ3) is 6.13. The van der Waals surface area contributed by atoms with E-state index in [2.05, 4.69) is 5.32 Å². The summed E-state index contributed by atoms with van der Waals surface area (Å²) in [6, 6.07) is 16.5. The van der Waals surface area contributed by atoms with Gasteiger partial charge in [-0.1, -0.05) is 56.3 Å². The molecule has 0 spiro atoms. The molecule has 0 heterocycles. The van der Waals surface area contributed by atoms with Crippen LogP contribution in [0, 0.1) is 5.92 Å². The average Bonchev–Trinajstić information content (AvgIpc) is 2.66. The van der Waals surface area contributed by atoms with Gasteiger partial charge in [0, 0.05) is 13.0 Å². The molecule has 144 valence electrons. The highest BCUT2D eigenvalue weighted by atomic mass is 16.5. The van der Waals surface area contributed by atoms with Crippen LogP contribution in [0.4, 0.5) is 0 Å². The van der Waals surface area contributed by atoms with E-state index >= 15 is 0 Å². The Labute approximate surface area is 160 Å². The van der Waals surface area contributed by atoms with Crippen LogP contribution in [0.15, 0.2) is 54.6 Å². The number of phenols is 1. The van der Waals surface area contributed by atoms with Crippen molar-refractivity contribution < 1.29 is 19.4 Å². The fourth-order valence-corrected chi connectivity index (χ4v) is 3.01. The molecule has 0 aliphatic rings. The Morgan fingerprint density at radius 2 is 1.70 bits per heavy atom. The smallest absolute Gasteiger partial charge is 0.310 e. The molecule has 5 heteroatoms. The maximum atomic E-state index is 12.4. The summed E-state index contributed by atoms with van der Waals surface area (Å²) in [5.41, 5.74) is 1.68. The van der Waals surface area contributed by atoms with Gasteiger partial charge in [-0.15, -0.1) is 0 Å². The van der Waals surface area contributed by atoms with E-state index < -0.39 is 5.92 Å². The second-order valence-corrected chi connectivity index (χ2v) is 7.32. The number of rotatable bonds is 8. The number of hydrogen-bond acceptors (Lipinski definition) is 4. The van der Waals surface area contributed by atoms with Crippen LogP contribution in [-0.4, -0.2) is 30.6 Å². The van der Waals surface area contributed by atoms with Crippen LogP contribution in [0.3, 0.4) is 0 Å². The number of phenolic OH excluding ortho intramolecular Hbond substituents is 1. The van der Waals surface area contributed by atoms with Crippen molar-refractivity contribution >= 4 is 11.9 Å². The summed E-state index contributed by atoms with van der Waals surface area (Å²) in [7, 11) is 1.34. The summed E-state index contributed by atoms with van der Waals surface area (Å²) in [6.45, 7) is 4.25. The summed E-state index contributed by atoms with van der Waals surface area (Å²) in [6.07, 6.45) is 0.749. The molecule has 2 aromatic carbocycles. The third-order valence-electron chi connectivity index (χ3n) is 4.66. The molecule has 0 saturated carbocycles. The monoisotopic (exact) mass is 369 g/mol. The van der Waals surface area contributed by atoms with Gasteiger partial charge in [-0.25, -0.2) is 0 Å². The molecule has 5 nitrogen and oxygen atoms in total. The van der Waals surface area contributed by atoms with Crippen molar-refractivity contribution in [3.63, 3.8) is 0 Å². The number of carbonyl (C=O) groups is 2. The molecule has 0 radical (unpaired) electrons. The van der Waals surface area contributed by atoms with Gasteiger partial charge in [-0.3, -0.25) is 9.59 Å². The number of nitrogens with one attached hydrogen (secondary N) is 1. The minimum atomic E-state index is -0.483. The number of hydrogen-bond donors (Lipinski definition) is 2. The van der Waals surface area contributed by atoms with E-state index in [0.717, 1.165) is 11.1 Å². The number of amides is 1. The molecule has 1 unspecified atom stereocenters. The average molecular weight is 369 g/mol. The first kappa shape index (κ1) is 20.5. The fraction of sp³-hybridized carbons (Fsp3) is 0.364. The molecular formula is C22H27NO4. The lowest BCUT2D eigenvalue weighted by molar-refractivity contribution is -0.145. The van der Waals surface area contributed by atoms with Crippen LogP contribution in [0.2, 0.25) is 0 Å². The van der Waals surface area contributed by atoms with Gasteiger partial charge in [-0.2, -0.15) is 0 Å². The van der Waals surface area contributed by atoms with E-state index in [4.69, 9.17) is 4.74 Å². The molecule has 27 heavy (non-hydrogen) atoms. The highest BCUT2D eigenvalue weighted by Crippen LogP contribution is 2.26. The topological polar surface area (TPSA) is 75.6 Å². The van der Waals surface area contributed by atoms with Gasteiger partial charge in [0.05, 0.1) is 13.0 Å². The number of ether oxygens (including phenoxy) is 1. The first-order valence-corrected chi connectivity index (χ1v) is 9.00. The molecule has 0 aliphatic heterocycles. The van der Waals surface area contributed by atoms with E-state index in [9.17, 15) is 14.7 Å². The third-order valence-corrected chi connectivity index (χ3v) is 4.66. The van der Waals surface area contributed by atoms with Crippen LogP contribution in [0.1, 0.15) is 31.4 Å². The van der Waals surface area contributed by atoms with Gasteiger partial charge in [0.15, 0.2) is 0 Å². The van der Waals surface area contributed by atoms with Crippen LogP contribution in [0.5, 0.6) is 5.75 Å². The molecule has 0 fully saturated rings. The Balaban J connectivity index is 1.96. The van der Waals surface area contributed by atoms with Crippen molar-refractivity contribution in [2.24, 2.45) is 5.92 Å². The van der Waals surface area contributed by atoms with Crippen molar-refractivity contribution in [2.75, 3.05) is 13.7 Å². The maximum absolute atomic E-state index is 12.4. The van der Waals surface area contributed by atoms with Crippen molar-refractivity contribution in [1.29, 1.82) is 0 Å². The van der Waals surface area contributed by atoms with E-state index in [1.165, 1.54) is 7.11 Å². The molecule has 1 atom stereocenters. The molecule has 2 rings (SSSR count). The zero-order valence-corrected chi connectivity index (χ0v) is 16.1. The maximum Gasteiger partial charge on any atom is 0.310 e. The largest absolute Gasteiger partial charge is 0.508 e. The Hall–Kier alpha value is -2.82. The van der Waals surface area contributed by atoms with Crippen molar-refractivity contribution in [2.45, 2.75) is 32.1 Å². The number of benzene rings is 2. The molecule has 2 N–H and O–H groups in total. The highest BCUT2D eigenvalue weighted by Gasteiger charge is 2.26. The van der Waals surface area contributed by atoms with Gasteiger partial charge in [0.25, 0.3) is 0 Å². The molecule has 0 aliphatic carbocycles. The Bertz CT molecular complexity index is 754. The minimum absolute atomic E-state index is 0.108. The molecule has 0 bridgehead atoms. The number of methoxy groups -OCH3 is 1.